The second-order valence-electron chi connectivity index (χ2n) is 6.19. The van der Waals surface area contributed by atoms with Crippen molar-refractivity contribution < 1.29 is 14.3 Å². The number of carbonyl (C=O) groups excluding carboxylic acids is 2. The standard InChI is InChI=1S/C20H28N4O3S/c1-4-11-21-19(25)17-14-28-18(23-17)13-24(12-5-2)20(26)22-15-7-9-16(10-8-15)27-6-3/h7-10,14H,4-6,11-13H2,1-3H3,(H,21,25)(H,22,26). The first-order valence-electron chi connectivity index (χ1n) is 9.58. The van der Waals surface area contributed by atoms with Gasteiger partial charge < -0.3 is 20.3 Å². The summed E-state index contributed by atoms with van der Waals surface area (Å²) in [5.74, 6) is 0.591. The van der Waals surface area contributed by atoms with E-state index in [0.29, 0.717) is 37.6 Å². The van der Waals surface area contributed by atoms with E-state index in [1.807, 2.05) is 45.0 Å². The molecule has 2 rings (SSSR count). The molecular formula is C20H28N4O3S. The van der Waals surface area contributed by atoms with Gasteiger partial charge in [-0.05, 0) is 44.0 Å². The molecule has 28 heavy (non-hydrogen) atoms. The smallest absolute Gasteiger partial charge is 0.322 e. The highest BCUT2D eigenvalue weighted by Gasteiger charge is 2.17. The lowest BCUT2D eigenvalue weighted by molar-refractivity contribution is 0.0949. The van der Waals surface area contributed by atoms with Gasteiger partial charge in [0.2, 0.25) is 0 Å². The molecule has 0 spiro atoms. The van der Waals surface area contributed by atoms with Gasteiger partial charge in [-0.3, -0.25) is 4.79 Å². The molecule has 0 radical (unpaired) electrons. The number of ether oxygens (including phenoxy) is 1. The quantitative estimate of drug-likeness (QED) is 0.624. The zero-order valence-electron chi connectivity index (χ0n) is 16.7. The molecule has 0 fully saturated rings. The van der Waals surface area contributed by atoms with Crippen molar-refractivity contribution in [2.45, 2.75) is 40.2 Å². The molecule has 1 aromatic heterocycles. The summed E-state index contributed by atoms with van der Waals surface area (Å²) in [5, 5.41) is 8.18. The fourth-order valence-electron chi connectivity index (χ4n) is 2.51. The molecular weight excluding hydrogens is 376 g/mol. The van der Waals surface area contributed by atoms with E-state index in [1.54, 1.807) is 10.3 Å². The van der Waals surface area contributed by atoms with Crippen LogP contribution in [0, 0.1) is 0 Å². The van der Waals surface area contributed by atoms with Crippen molar-refractivity contribution in [3.8, 4) is 5.75 Å². The zero-order valence-corrected chi connectivity index (χ0v) is 17.5. The largest absolute Gasteiger partial charge is 0.494 e. The molecule has 0 saturated heterocycles. The lowest BCUT2D eigenvalue weighted by atomic mass is 10.3. The van der Waals surface area contributed by atoms with Crippen LogP contribution in [0.5, 0.6) is 5.75 Å². The normalized spacial score (nSPS) is 10.4. The van der Waals surface area contributed by atoms with Gasteiger partial charge in [0, 0.05) is 24.2 Å². The van der Waals surface area contributed by atoms with E-state index in [0.717, 1.165) is 23.6 Å². The van der Waals surface area contributed by atoms with E-state index >= 15 is 0 Å². The molecule has 7 nitrogen and oxygen atoms in total. The number of hydrogen-bond donors (Lipinski definition) is 2. The van der Waals surface area contributed by atoms with Crippen LogP contribution in [0.1, 0.15) is 49.1 Å². The van der Waals surface area contributed by atoms with Crippen LogP contribution in [0.4, 0.5) is 10.5 Å². The van der Waals surface area contributed by atoms with Crippen LogP contribution in [-0.2, 0) is 6.54 Å². The Labute approximate surface area is 170 Å². The minimum absolute atomic E-state index is 0.176. The molecule has 0 aliphatic heterocycles. The first-order valence-corrected chi connectivity index (χ1v) is 10.5. The van der Waals surface area contributed by atoms with Gasteiger partial charge in [0.1, 0.15) is 16.5 Å². The molecule has 1 heterocycles. The van der Waals surface area contributed by atoms with Crippen LogP contribution in [0.2, 0.25) is 0 Å². The number of nitrogens with zero attached hydrogens (tertiary/aromatic N) is 2. The Morgan fingerprint density at radius 2 is 1.89 bits per heavy atom. The summed E-state index contributed by atoms with van der Waals surface area (Å²) in [6, 6.07) is 7.08. The highest BCUT2D eigenvalue weighted by molar-refractivity contribution is 7.09. The highest BCUT2D eigenvalue weighted by atomic mass is 32.1. The van der Waals surface area contributed by atoms with Gasteiger partial charge in [-0.2, -0.15) is 0 Å². The molecule has 0 aliphatic rings. The molecule has 0 aliphatic carbocycles. The Bertz CT molecular complexity index is 761. The van der Waals surface area contributed by atoms with Crippen molar-refractivity contribution in [3.05, 3.63) is 40.3 Å². The third-order valence-corrected chi connectivity index (χ3v) is 4.68. The van der Waals surface area contributed by atoms with Crippen molar-refractivity contribution in [3.63, 3.8) is 0 Å². The number of thiazole rings is 1. The molecule has 152 valence electrons. The molecule has 8 heteroatoms. The average Bonchev–Trinajstić information content (AvgIpc) is 3.16. The average molecular weight is 405 g/mol. The number of benzene rings is 1. The Morgan fingerprint density at radius 1 is 1.14 bits per heavy atom. The Morgan fingerprint density at radius 3 is 2.54 bits per heavy atom. The van der Waals surface area contributed by atoms with Gasteiger partial charge in [-0.15, -0.1) is 11.3 Å². The molecule has 0 unspecified atom stereocenters. The number of aromatic nitrogens is 1. The van der Waals surface area contributed by atoms with Crippen LogP contribution in [-0.4, -0.2) is 41.5 Å². The summed E-state index contributed by atoms with van der Waals surface area (Å²) in [5.41, 5.74) is 1.10. The monoisotopic (exact) mass is 404 g/mol. The molecule has 3 amide bonds. The minimum Gasteiger partial charge on any atom is -0.494 e. The topological polar surface area (TPSA) is 83.6 Å². The maximum Gasteiger partial charge on any atom is 0.322 e. The zero-order chi connectivity index (χ0) is 20.4. The van der Waals surface area contributed by atoms with E-state index in [9.17, 15) is 9.59 Å². The van der Waals surface area contributed by atoms with Crippen molar-refractivity contribution in [2.75, 3.05) is 25.0 Å². The van der Waals surface area contributed by atoms with Crippen molar-refractivity contribution >= 4 is 29.0 Å². The first kappa shape index (κ1) is 21.7. The highest BCUT2D eigenvalue weighted by Crippen LogP contribution is 2.17. The van der Waals surface area contributed by atoms with E-state index in [2.05, 4.69) is 15.6 Å². The molecule has 0 atom stereocenters. The molecule has 0 saturated carbocycles. The number of nitrogens with one attached hydrogen (secondary N) is 2. The van der Waals surface area contributed by atoms with Crippen LogP contribution >= 0.6 is 11.3 Å². The minimum atomic E-state index is -0.196. The van der Waals surface area contributed by atoms with Crippen LogP contribution < -0.4 is 15.4 Å². The van der Waals surface area contributed by atoms with Gasteiger partial charge in [-0.1, -0.05) is 13.8 Å². The van der Waals surface area contributed by atoms with Crippen LogP contribution in [0.15, 0.2) is 29.6 Å². The van der Waals surface area contributed by atoms with Gasteiger partial charge in [-0.25, -0.2) is 9.78 Å². The Balaban J connectivity index is 1.99. The lowest BCUT2D eigenvalue weighted by Crippen LogP contribution is -2.35. The van der Waals surface area contributed by atoms with Crippen LogP contribution in [0.3, 0.4) is 0 Å². The fraction of sp³-hybridized carbons (Fsp3) is 0.450. The van der Waals surface area contributed by atoms with E-state index in [-0.39, 0.29) is 11.9 Å². The summed E-state index contributed by atoms with van der Waals surface area (Å²) in [6.07, 6.45) is 1.70. The number of urea groups is 1. The third-order valence-electron chi connectivity index (χ3n) is 3.84. The van der Waals surface area contributed by atoms with Crippen molar-refractivity contribution in [1.82, 2.24) is 15.2 Å². The maximum absolute atomic E-state index is 12.7. The second-order valence-corrected chi connectivity index (χ2v) is 7.13. The van der Waals surface area contributed by atoms with E-state index < -0.39 is 0 Å². The number of carbonyl (C=O) groups is 2. The summed E-state index contributed by atoms with van der Waals surface area (Å²) >= 11 is 1.39. The predicted octanol–water partition coefficient (Wildman–Crippen LogP) is 4.13. The van der Waals surface area contributed by atoms with Crippen molar-refractivity contribution in [2.24, 2.45) is 0 Å². The summed E-state index contributed by atoms with van der Waals surface area (Å²) in [6.45, 7) is 8.12. The van der Waals surface area contributed by atoms with Crippen LogP contribution in [0.25, 0.3) is 0 Å². The molecule has 0 bridgehead atoms. The number of hydrogen-bond acceptors (Lipinski definition) is 5. The fourth-order valence-corrected chi connectivity index (χ4v) is 3.30. The molecule has 2 aromatic rings. The Kier molecular flexibility index (Phi) is 8.74. The molecule has 1 aromatic carbocycles. The Hall–Kier alpha value is -2.61. The van der Waals surface area contributed by atoms with Gasteiger partial charge in [0.15, 0.2) is 0 Å². The number of rotatable bonds is 10. The summed E-state index contributed by atoms with van der Waals surface area (Å²) < 4.78 is 5.41. The van der Waals surface area contributed by atoms with Gasteiger partial charge >= 0.3 is 6.03 Å². The lowest BCUT2D eigenvalue weighted by Gasteiger charge is -2.21. The van der Waals surface area contributed by atoms with E-state index in [1.165, 1.54) is 11.3 Å². The summed E-state index contributed by atoms with van der Waals surface area (Å²) in [7, 11) is 0. The second kappa shape index (κ2) is 11.3. The van der Waals surface area contributed by atoms with E-state index in [4.69, 9.17) is 4.74 Å². The maximum atomic E-state index is 12.7. The van der Waals surface area contributed by atoms with Gasteiger partial charge in [0.05, 0.1) is 13.2 Å². The SMILES string of the molecule is CCCNC(=O)c1csc(CN(CCC)C(=O)Nc2ccc(OCC)cc2)n1. The predicted molar refractivity (Wildman–Crippen MR) is 112 cm³/mol. The first-order chi connectivity index (χ1) is 13.6. The number of anilines is 1. The third kappa shape index (κ3) is 6.53. The molecule has 2 N–H and O–H groups in total. The van der Waals surface area contributed by atoms with Crippen molar-refractivity contribution in [1.29, 1.82) is 0 Å². The summed E-state index contributed by atoms with van der Waals surface area (Å²) in [4.78, 5) is 30.8. The van der Waals surface area contributed by atoms with Gasteiger partial charge in [0.25, 0.3) is 5.91 Å². The number of amides is 3.